The van der Waals surface area contributed by atoms with E-state index in [1.165, 1.54) is 0 Å². The van der Waals surface area contributed by atoms with E-state index in [9.17, 15) is 0 Å². The molecule has 2 rings (SSSR count). The zero-order valence-electron chi connectivity index (χ0n) is 12.1. The number of nitrogens with two attached hydrogens (primary N) is 1. The maximum Gasteiger partial charge on any atom is 0.161 e. The van der Waals surface area contributed by atoms with Crippen molar-refractivity contribution in [3.05, 3.63) is 23.8 Å². The van der Waals surface area contributed by atoms with Crippen LogP contribution in [0.1, 0.15) is 37.8 Å². The summed E-state index contributed by atoms with van der Waals surface area (Å²) in [7, 11) is 0. The van der Waals surface area contributed by atoms with Gasteiger partial charge in [-0.1, -0.05) is 13.0 Å². The van der Waals surface area contributed by atoms with Crippen molar-refractivity contribution in [1.29, 1.82) is 0 Å². The van der Waals surface area contributed by atoms with E-state index in [0.717, 1.165) is 42.9 Å². The van der Waals surface area contributed by atoms with E-state index < -0.39 is 0 Å². The third-order valence-corrected chi connectivity index (χ3v) is 3.27. The van der Waals surface area contributed by atoms with Crippen LogP contribution in [0.15, 0.2) is 18.2 Å². The Morgan fingerprint density at radius 3 is 2.80 bits per heavy atom. The molecule has 1 aromatic rings. The number of hydrogen-bond donors (Lipinski definition) is 2. The Balaban J connectivity index is 2.00. The van der Waals surface area contributed by atoms with Crippen LogP contribution in [0.2, 0.25) is 0 Å². The molecule has 1 aromatic carbocycles. The molecule has 3 N–H and O–H groups in total. The minimum Gasteiger partial charge on any atom is -0.490 e. The lowest BCUT2D eigenvalue weighted by atomic mass is 10.0. The predicted molar refractivity (Wildman–Crippen MR) is 77.8 cm³/mol. The Labute approximate surface area is 120 Å². The lowest BCUT2D eigenvalue weighted by Gasteiger charge is -2.18. The van der Waals surface area contributed by atoms with Gasteiger partial charge in [0.15, 0.2) is 11.5 Å². The smallest absolute Gasteiger partial charge is 0.161 e. The van der Waals surface area contributed by atoms with Crippen LogP contribution in [0.4, 0.5) is 0 Å². The van der Waals surface area contributed by atoms with E-state index in [1.54, 1.807) is 0 Å². The zero-order valence-corrected chi connectivity index (χ0v) is 12.1. The summed E-state index contributed by atoms with van der Waals surface area (Å²) >= 11 is 0. The standard InChI is InChI=1S/C15H24N2O3/c1-2-7-18-10-6-13(17-16)12-4-5-14-15(11-12)20-9-3-8-19-14/h4-5,11,13,17H,2-3,6-10,16H2,1H3. The normalized spacial score (nSPS) is 15.7. The summed E-state index contributed by atoms with van der Waals surface area (Å²) in [4.78, 5) is 0. The lowest BCUT2D eigenvalue weighted by Crippen LogP contribution is -2.29. The average molecular weight is 280 g/mol. The molecule has 0 fully saturated rings. The number of ether oxygens (including phenoxy) is 3. The highest BCUT2D eigenvalue weighted by Gasteiger charge is 2.15. The van der Waals surface area contributed by atoms with Gasteiger partial charge in [0.25, 0.3) is 0 Å². The molecular weight excluding hydrogens is 256 g/mol. The van der Waals surface area contributed by atoms with Gasteiger partial charge >= 0.3 is 0 Å². The van der Waals surface area contributed by atoms with Gasteiger partial charge < -0.3 is 14.2 Å². The predicted octanol–water partition coefficient (Wildman–Crippen LogP) is 2.17. The number of benzene rings is 1. The molecule has 1 heterocycles. The van der Waals surface area contributed by atoms with Crippen molar-refractivity contribution in [2.45, 2.75) is 32.2 Å². The van der Waals surface area contributed by atoms with Crippen molar-refractivity contribution in [2.75, 3.05) is 26.4 Å². The summed E-state index contributed by atoms with van der Waals surface area (Å²) in [5.41, 5.74) is 3.94. The molecule has 1 aliphatic heterocycles. The first-order valence-corrected chi connectivity index (χ1v) is 7.28. The molecule has 112 valence electrons. The molecule has 0 saturated heterocycles. The van der Waals surface area contributed by atoms with Crippen LogP contribution in [0.3, 0.4) is 0 Å². The van der Waals surface area contributed by atoms with Gasteiger partial charge in [-0.2, -0.15) is 0 Å². The molecule has 1 atom stereocenters. The molecule has 1 aliphatic rings. The Kier molecular flexibility index (Phi) is 6.11. The Morgan fingerprint density at radius 2 is 2.05 bits per heavy atom. The molecule has 5 nitrogen and oxygen atoms in total. The van der Waals surface area contributed by atoms with E-state index in [-0.39, 0.29) is 6.04 Å². The first-order valence-electron chi connectivity index (χ1n) is 7.28. The number of hydrogen-bond acceptors (Lipinski definition) is 5. The Morgan fingerprint density at radius 1 is 1.25 bits per heavy atom. The van der Waals surface area contributed by atoms with Crippen molar-refractivity contribution < 1.29 is 14.2 Å². The fourth-order valence-corrected chi connectivity index (χ4v) is 2.19. The minimum atomic E-state index is 0.0593. The first kappa shape index (κ1) is 15.1. The SMILES string of the molecule is CCCOCCC(NN)c1ccc2c(c1)OCCCO2. The molecule has 0 aliphatic carbocycles. The molecular formula is C15H24N2O3. The first-order chi connectivity index (χ1) is 9.85. The van der Waals surface area contributed by atoms with Crippen LogP contribution < -0.4 is 20.7 Å². The highest BCUT2D eigenvalue weighted by atomic mass is 16.5. The average Bonchev–Trinajstić information content (AvgIpc) is 2.72. The van der Waals surface area contributed by atoms with E-state index >= 15 is 0 Å². The summed E-state index contributed by atoms with van der Waals surface area (Å²) in [6.45, 7) is 4.98. The Bertz CT molecular complexity index is 412. The monoisotopic (exact) mass is 280 g/mol. The van der Waals surface area contributed by atoms with Crippen LogP contribution in [-0.2, 0) is 4.74 Å². The summed E-state index contributed by atoms with van der Waals surface area (Å²) < 4.78 is 16.8. The van der Waals surface area contributed by atoms with Gasteiger partial charge in [0, 0.05) is 25.7 Å². The Hall–Kier alpha value is -1.30. The zero-order chi connectivity index (χ0) is 14.2. The number of nitrogens with one attached hydrogen (secondary N) is 1. The number of rotatable bonds is 7. The highest BCUT2D eigenvalue weighted by Crippen LogP contribution is 2.32. The van der Waals surface area contributed by atoms with Gasteiger partial charge in [0.1, 0.15) is 0 Å². The fourth-order valence-electron chi connectivity index (χ4n) is 2.19. The summed E-state index contributed by atoms with van der Waals surface area (Å²) in [6.07, 6.45) is 2.77. The molecule has 0 bridgehead atoms. The molecule has 20 heavy (non-hydrogen) atoms. The van der Waals surface area contributed by atoms with Crippen molar-refractivity contribution in [1.82, 2.24) is 5.43 Å². The molecule has 0 radical (unpaired) electrons. The summed E-state index contributed by atoms with van der Waals surface area (Å²) in [6, 6.07) is 6.04. The number of hydrazine groups is 1. The molecule has 0 saturated carbocycles. The van der Waals surface area contributed by atoms with E-state index in [4.69, 9.17) is 20.1 Å². The van der Waals surface area contributed by atoms with Crippen LogP contribution >= 0.6 is 0 Å². The second-order valence-electron chi connectivity index (χ2n) is 4.88. The van der Waals surface area contributed by atoms with Crippen LogP contribution in [0.25, 0.3) is 0 Å². The minimum absolute atomic E-state index is 0.0593. The largest absolute Gasteiger partial charge is 0.490 e. The summed E-state index contributed by atoms with van der Waals surface area (Å²) in [5, 5.41) is 0. The van der Waals surface area contributed by atoms with Crippen molar-refractivity contribution in [3.63, 3.8) is 0 Å². The molecule has 5 heteroatoms. The van der Waals surface area contributed by atoms with Crippen LogP contribution in [-0.4, -0.2) is 26.4 Å². The molecule has 0 aromatic heterocycles. The van der Waals surface area contributed by atoms with Gasteiger partial charge in [-0.25, -0.2) is 0 Å². The lowest BCUT2D eigenvalue weighted by molar-refractivity contribution is 0.124. The molecule has 1 unspecified atom stereocenters. The van der Waals surface area contributed by atoms with Gasteiger partial charge in [-0.05, 0) is 30.5 Å². The number of fused-ring (bicyclic) bond motifs is 1. The van der Waals surface area contributed by atoms with Crippen molar-refractivity contribution in [2.24, 2.45) is 5.84 Å². The fraction of sp³-hybridized carbons (Fsp3) is 0.600. The topological polar surface area (TPSA) is 65.7 Å². The quantitative estimate of drug-likeness (QED) is 0.455. The third-order valence-electron chi connectivity index (χ3n) is 3.27. The van der Waals surface area contributed by atoms with Crippen molar-refractivity contribution >= 4 is 0 Å². The second kappa shape index (κ2) is 8.09. The molecule has 0 amide bonds. The van der Waals surface area contributed by atoms with Gasteiger partial charge in [0.05, 0.1) is 13.2 Å². The van der Waals surface area contributed by atoms with Crippen molar-refractivity contribution in [3.8, 4) is 11.5 Å². The van der Waals surface area contributed by atoms with Gasteiger partial charge in [-0.3, -0.25) is 11.3 Å². The van der Waals surface area contributed by atoms with E-state index in [0.29, 0.717) is 19.8 Å². The van der Waals surface area contributed by atoms with Gasteiger partial charge in [-0.15, -0.1) is 0 Å². The summed E-state index contributed by atoms with van der Waals surface area (Å²) in [5.74, 6) is 7.26. The van der Waals surface area contributed by atoms with Crippen LogP contribution in [0.5, 0.6) is 11.5 Å². The van der Waals surface area contributed by atoms with Crippen LogP contribution in [0, 0.1) is 0 Å². The van der Waals surface area contributed by atoms with Gasteiger partial charge in [0.2, 0.25) is 0 Å². The van der Waals surface area contributed by atoms with E-state index in [1.807, 2.05) is 18.2 Å². The van der Waals surface area contributed by atoms with E-state index in [2.05, 4.69) is 12.3 Å². The molecule has 0 spiro atoms. The highest BCUT2D eigenvalue weighted by molar-refractivity contribution is 5.44. The third kappa shape index (κ3) is 4.10. The maximum atomic E-state index is 5.70. The maximum absolute atomic E-state index is 5.70. The second-order valence-corrected chi connectivity index (χ2v) is 4.88.